The van der Waals surface area contributed by atoms with Crippen molar-refractivity contribution in [3.05, 3.63) is 0 Å². The second kappa shape index (κ2) is 8.05. The van der Waals surface area contributed by atoms with Crippen LogP contribution in [0.2, 0.25) is 0 Å². The first-order chi connectivity index (χ1) is 8.25. The molecule has 0 heterocycles. The van der Waals surface area contributed by atoms with Crippen molar-refractivity contribution < 1.29 is 9.53 Å². The summed E-state index contributed by atoms with van der Waals surface area (Å²) in [5.74, 6) is 0.986. The zero-order valence-corrected chi connectivity index (χ0v) is 13.6. The normalized spacial score (nSPS) is 15.2. The van der Waals surface area contributed by atoms with Crippen LogP contribution in [-0.4, -0.2) is 35.7 Å². The average molecular weight is 275 g/mol. The fraction of sp³-hybridized carbons (Fsp3) is 0.929. The molecule has 4 heteroatoms. The highest BCUT2D eigenvalue weighted by Crippen LogP contribution is 2.25. The van der Waals surface area contributed by atoms with Crippen molar-refractivity contribution in [2.45, 2.75) is 64.2 Å². The Kier molecular flexibility index (Phi) is 7.95. The second-order valence-corrected chi connectivity index (χ2v) is 7.69. The molecule has 1 unspecified atom stereocenters. The Balaban J connectivity index is 4.02. The van der Waals surface area contributed by atoms with Gasteiger partial charge in [-0.2, -0.15) is 11.8 Å². The lowest BCUT2D eigenvalue weighted by Gasteiger charge is -2.27. The summed E-state index contributed by atoms with van der Waals surface area (Å²) >= 11 is 1.98. The van der Waals surface area contributed by atoms with E-state index in [0.29, 0.717) is 4.75 Å². The van der Waals surface area contributed by atoms with Gasteiger partial charge in [0.05, 0.1) is 7.11 Å². The lowest BCUT2D eigenvalue weighted by Crippen LogP contribution is -2.50. The maximum Gasteiger partial charge on any atom is 0.325 e. The van der Waals surface area contributed by atoms with E-state index in [1.165, 1.54) is 7.11 Å². The van der Waals surface area contributed by atoms with Crippen LogP contribution in [0, 0.1) is 0 Å². The summed E-state index contributed by atoms with van der Waals surface area (Å²) < 4.78 is 5.20. The van der Waals surface area contributed by atoms with E-state index >= 15 is 0 Å². The zero-order valence-electron chi connectivity index (χ0n) is 12.8. The Morgan fingerprint density at radius 1 is 1.22 bits per heavy atom. The fourth-order valence-electron chi connectivity index (χ4n) is 1.84. The maximum atomic E-state index is 11.8. The van der Waals surface area contributed by atoms with E-state index in [2.05, 4.69) is 26.1 Å². The molecule has 0 aromatic carbocycles. The summed E-state index contributed by atoms with van der Waals surface area (Å²) in [6, 6.07) is 0. The molecule has 18 heavy (non-hydrogen) atoms. The number of rotatable bonds is 8. The predicted molar refractivity (Wildman–Crippen MR) is 80.2 cm³/mol. The third kappa shape index (κ3) is 7.27. The van der Waals surface area contributed by atoms with Crippen LogP contribution in [0.5, 0.6) is 0 Å². The summed E-state index contributed by atoms with van der Waals surface area (Å²) in [6.07, 6.45) is 3.01. The SMILES string of the molecule is CCNC(C)(CCCCSC(C)(C)C)C(=O)OC. The van der Waals surface area contributed by atoms with Crippen molar-refractivity contribution in [2.24, 2.45) is 0 Å². The maximum absolute atomic E-state index is 11.8. The summed E-state index contributed by atoms with van der Waals surface area (Å²) in [4.78, 5) is 11.8. The molecule has 0 rings (SSSR count). The van der Waals surface area contributed by atoms with Crippen LogP contribution in [0.15, 0.2) is 0 Å². The molecule has 0 aromatic rings. The molecule has 0 saturated carbocycles. The molecule has 1 atom stereocenters. The summed E-state index contributed by atoms with van der Waals surface area (Å²) in [6.45, 7) is 11.4. The number of methoxy groups -OCH3 is 1. The number of thioether (sulfide) groups is 1. The minimum Gasteiger partial charge on any atom is -0.468 e. The first-order valence-electron chi connectivity index (χ1n) is 6.72. The second-order valence-electron chi connectivity index (χ2n) is 5.77. The van der Waals surface area contributed by atoms with Crippen LogP contribution >= 0.6 is 11.8 Å². The Hall–Kier alpha value is -0.220. The van der Waals surface area contributed by atoms with Crippen molar-refractivity contribution in [3.63, 3.8) is 0 Å². The quantitative estimate of drug-likeness (QED) is 0.545. The number of unbranched alkanes of at least 4 members (excludes halogenated alkanes) is 1. The van der Waals surface area contributed by atoms with Gasteiger partial charge in [0.15, 0.2) is 0 Å². The molecule has 0 amide bonds. The average Bonchev–Trinajstić information content (AvgIpc) is 2.26. The first kappa shape index (κ1) is 17.8. The number of likely N-dealkylation sites (N-methyl/N-ethyl adjacent to an activating group) is 1. The van der Waals surface area contributed by atoms with Crippen LogP contribution in [0.1, 0.15) is 53.9 Å². The molecule has 3 nitrogen and oxygen atoms in total. The van der Waals surface area contributed by atoms with E-state index < -0.39 is 5.54 Å². The third-order valence-electron chi connectivity index (χ3n) is 2.81. The summed E-state index contributed by atoms with van der Waals surface area (Å²) in [7, 11) is 1.45. The minimum absolute atomic E-state index is 0.159. The number of hydrogen-bond donors (Lipinski definition) is 1. The van der Waals surface area contributed by atoms with Gasteiger partial charge < -0.3 is 10.1 Å². The van der Waals surface area contributed by atoms with Gasteiger partial charge in [-0.05, 0) is 32.1 Å². The van der Waals surface area contributed by atoms with Crippen molar-refractivity contribution >= 4 is 17.7 Å². The lowest BCUT2D eigenvalue weighted by molar-refractivity contribution is -0.148. The minimum atomic E-state index is -0.532. The molecule has 0 bridgehead atoms. The highest BCUT2D eigenvalue weighted by atomic mass is 32.2. The van der Waals surface area contributed by atoms with Gasteiger partial charge in [-0.25, -0.2) is 0 Å². The lowest BCUT2D eigenvalue weighted by atomic mass is 9.95. The van der Waals surface area contributed by atoms with E-state index in [-0.39, 0.29) is 5.97 Å². The molecule has 1 N–H and O–H groups in total. The van der Waals surface area contributed by atoms with Crippen molar-refractivity contribution in [1.29, 1.82) is 0 Å². The number of carbonyl (C=O) groups is 1. The van der Waals surface area contributed by atoms with Crippen molar-refractivity contribution in [2.75, 3.05) is 19.4 Å². The predicted octanol–water partition coefficient (Wildman–Crippen LogP) is 3.23. The first-order valence-corrected chi connectivity index (χ1v) is 7.71. The molecule has 0 fully saturated rings. The number of hydrogen-bond acceptors (Lipinski definition) is 4. The highest BCUT2D eigenvalue weighted by Gasteiger charge is 2.32. The van der Waals surface area contributed by atoms with E-state index in [0.717, 1.165) is 31.6 Å². The Bertz CT molecular complexity index is 251. The Morgan fingerprint density at radius 2 is 1.83 bits per heavy atom. The number of ether oxygens (including phenoxy) is 1. The van der Waals surface area contributed by atoms with Gasteiger partial charge in [-0.3, -0.25) is 4.79 Å². The Morgan fingerprint density at radius 3 is 2.28 bits per heavy atom. The van der Waals surface area contributed by atoms with Gasteiger partial charge >= 0.3 is 5.97 Å². The molecule has 0 aliphatic carbocycles. The molecule has 0 radical (unpaired) electrons. The molecule has 0 aliphatic heterocycles. The van der Waals surface area contributed by atoms with Gasteiger partial charge in [0.2, 0.25) is 0 Å². The molecule has 0 spiro atoms. The van der Waals surface area contributed by atoms with E-state index in [9.17, 15) is 4.79 Å². The molecule has 0 aromatic heterocycles. The number of carbonyl (C=O) groups excluding carboxylic acids is 1. The molecule has 108 valence electrons. The van der Waals surface area contributed by atoms with Gasteiger partial charge in [0.1, 0.15) is 5.54 Å². The topological polar surface area (TPSA) is 38.3 Å². The van der Waals surface area contributed by atoms with Crippen LogP contribution in [0.3, 0.4) is 0 Å². The molecule has 0 aliphatic rings. The monoisotopic (exact) mass is 275 g/mol. The van der Waals surface area contributed by atoms with Gasteiger partial charge in [-0.1, -0.05) is 34.1 Å². The van der Waals surface area contributed by atoms with Crippen LogP contribution in [-0.2, 0) is 9.53 Å². The highest BCUT2D eigenvalue weighted by molar-refractivity contribution is 8.00. The van der Waals surface area contributed by atoms with Gasteiger partial charge in [0, 0.05) is 4.75 Å². The van der Waals surface area contributed by atoms with E-state index in [4.69, 9.17) is 4.74 Å². The van der Waals surface area contributed by atoms with Crippen LogP contribution in [0.4, 0.5) is 0 Å². The molecular weight excluding hydrogens is 246 g/mol. The number of nitrogens with one attached hydrogen (secondary N) is 1. The largest absolute Gasteiger partial charge is 0.468 e. The van der Waals surface area contributed by atoms with Gasteiger partial charge in [0.25, 0.3) is 0 Å². The van der Waals surface area contributed by atoms with Crippen LogP contribution in [0.25, 0.3) is 0 Å². The third-order valence-corrected chi connectivity index (χ3v) is 4.17. The fourth-order valence-corrected chi connectivity index (χ4v) is 2.80. The van der Waals surface area contributed by atoms with Gasteiger partial charge in [-0.15, -0.1) is 0 Å². The standard InChI is InChI=1S/C14H29NO2S/c1-7-15-14(5,12(16)17-6)10-8-9-11-18-13(2,3)4/h15H,7-11H2,1-6H3. The molecular formula is C14H29NO2S. The Labute approximate surface area is 116 Å². The van der Waals surface area contributed by atoms with Crippen molar-refractivity contribution in [3.8, 4) is 0 Å². The van der Waals surface area contributed by atoms with E-state index in [1.807, 2.05) is 25.6 Å². The molecule has 0 saturated heterocycles. The smallest absolute Gasteiger partial charge is 0.325 e. The van der Waals surface area contributed by atoms with E-state index in [1.54, 1.807) is 0 Å². The van der Waals surface area contributed by atoms with Crippen LogP contribution < -0.4 is 5.32 Å². The van der Waals surface area contributed by atoms with Crippen molar-refractivity contribution in [1.82, 2.24) is 5.32 Å². The number of esters is 1. The zero-order chi connectivity index (χ0) is 14.2. The summed E-state index contributed by atoms with van der Waals surface area (Å²) in [5.41, 5.74) is -0.532. The summed E-state index contributed by atoms with van der Waals surface area (Å²) in [5, 5.41) is 3.24.